The monoisotopic (exact) mass is 450 g/mol. The lowest BCUT2D eigenvalue weighted by atomic mass is 10.2. The van der Waals surface area contributed by atoms with E-state index >= 15 is 0 Å². The van der Waals surface area contributed by atoms with Crippen molar-refractivity contribution >= 4 is 64.0 Å². The molecule has 1 fully saturated rings. The molecule has 146 valence electrons. The number of halogens is 4. The van der Waals surface area contributed by atoms with Crippen molar-refractivity contribution in [3.8, 4) is 0 Å². The second-order valence-corrected chi connectivity index (χ2v) is 8.60. The Bertz CT molecular complexity index is 762. The minimum absolute atomic E-state index is 0.0399. The van der Waals surface area contributed by atoms with Crippen molar-refractivity contribution in [1.29, 1.82) is 0 Å². The number of nitrogens with one attached hydrogen (secondary N) is 1. The van der Waals surface area contributed by atoms with Crippen LogP contribution in [0, 0.1) is 0 Å². The molecule has 3 rings (SSSR count). The highest BCUT2D eigenvalue weighted by Crippen LogP contribution is 2.36. The van der Waals surface area contributed by atoms with Crippen molar-refractivity contribution in [2.75, 3.05) is 54.4 Å². The van der Waals surface area contributed by atoms with Crippen LogP contribution in [0.3, 0.4) is 0 Å². The Morgan fingerprint density at radius 2 is 1.59 bits per heavy atom. The van der Waals surface area contributed by atoms with Gasteiger partial charge in [-0.05, 0) is 24.3 Å². The van der Waals surface area contributed by atoms with Crippen LogP contribution in [0.5, 0.6) is 0 Å². The maximum Gasteiger partial charge on any atom is 0.250 e. The summed E-state index contributed by atoms with van der Waals surface area (Å²) in [5.41, 5.74) is 1.11. The molecule has 2 aromatic rings. The van der Waals surface area contributed by atoms with Gasteiger partial charge in [0.1, 0.15) is 0 Å². The van der Waals surface area contributed by atoms with E-state index in [9.17, 15) is 0 Å². The predicted octanol–water partition coefficient (Wildman–Crippen LogP) is 3.08. The molecule has 0 bridgehead atoms. The average molecular weight is 452 g/mol. The van der Waals surface area contributed by atoms with Gasteiger partial charge in [-0.3, -0.25) is 0 Å². The van der Waals surface area contributed by atoms with E-state index in [-0.39, 0.29) is 24.9 Å². The number of aliphatic hydroxyl groups is 1. The molecular formula is C16H18Cl4N6O. The Hall–Kier alpha value is -1.25. The molecule has 1 aliphatic heterocycles. The first-order chi connectivity index (χ1) is 12.9. The van der Waals surface area contributed by atoms with E-state index in [2.05, 4.69) is 25.2 Å². The first-order valence-corrected chi connectivity index (χ1v) is 9.81. The van der Waals surface area contributed by atoms with Crippen LogP contribution in [0.2, 0.25) is 5.02 Å². The summed E-state index contributed by atoms with van der Waals surface area (Å²) in [5.74, 6) is 0.732. The van der Waals surface area contributed by atoms with Crippen LogP contribution in [0.15, 0.2) is 24.3 Å². The molecule has 2 heterocycles. The summed E-state index contributed by atoms with van der Waals surface area (Å²) in [4.78, 5) is 17.1. The van der Waals surface area contributed by atoms with Gasteiger partial charge in [0.2, 0.25) is 15.7 Å². The lowest BCUT2D eigenvalue weighted by Crippen LogP contribution is -2.47. The van der Waals surface area contributed by atoms with Crippen LogP contribution in [-0.2, 0) is 3.79 Å². The van der Waals surface area contributed by atoms with E-state index in [4.69, 9.17) is 51.5 Å². The summed E-state index contributed by atoms with van der Waals surface area (Å²) in [7, 11) is 0. The molecule has 0 saturated carbocycles. The van der Waals surface area contributed by atoms with Crippen LogP contribution < -0.4 is 15.1 Å². The molecule has 2 N–H and O–H groups in total. The van der Waals surface area contributed by atoms with Crippen LogP contribution in [-0.4, -0.2) is 59.4 Å². The molecule has 27 heavy (non-hydrogen) atoms. The number of alkyl halides is 3. The number of benzene rings is 1. The predicted molar refractivity (Wildman–Crippen MR) is 111 cm³/mol. The smallest absolute Gasteiger partial charge is 0.250 e. The summed E-state index contributed by atoms with van der Waals surface area (Å²) in [6.07, 6.45) is 0. The highest BCUT2D eigenvalue weighted by Gasteiger charge is 2.30. The van der Waals surface area contributed by atoms with E-state index in [0.717, 1.165) is 18.8 Å². The lowest BCUT2D eigenvalue weighted by molar-refractivity contribution is 0.310. The Labute approximate surface area is 177 Å². The minimum atomic E-state index is -1.77. The standard InChI is InChI=1S/C16H18Cl4N6O/c17-11-1-3-12(4-2-11)25-6-8-26(9-7-25)15-23-13(16(18,19)20)22-14(24-15)21-5-10-27/h1-4,27H,5-10H2,(H,21,22,23,24). The molecule has 1 saturated heterocycles. The van der Waals surface area contributed by atoms with E-state index < -0.39 is 3.79 Å². The highest BCUT2D eigenvalue weighted by atomic mass is 35.6. The number of anilines is 3. The third kappa shape index (κ3) is 5.39. The van der Waals surface area contributed by atoms with Gasteiger partial charge in [-0.15, -0.1) is 0 Å². The molecule has 1 aliphatic rings. The molecule has 0 spiro atoms. The maximum atomic E-state index is 8.99. The molecule has 0 aliphatic carbocycles. The normalized spacial score (nSPS) is 15.1. The number of piperazine rings is 1. The fourth-order valence-corrected chi connectivity index (χ4v) is 3.08. The molecule has 0 atom stereocenters. The van der Waals surface area contributed by atoms with Crippen molar-refractivity contribution in [3.05, 3.63) is 35.1 Å². The van der Waals surface area contributed by atoms with Crippen LogP contribution in [0.25, 0.3) is 0 Å². The van der Waals surface area contributed by atoms with Gasteiger partial charge in [-0.2, -0.15) is 15.0 Å². The van der Waals surface area contributed by atoms with Crippen LogP contribution in [0.4, 0.5) is 17.6 Å². The third-order valence-corrected chi connectivity index (χ3v) is 4.79. The summed E-state index contributed by atoms with van der Waals surface area (Å²) >= 11 is 23.8. The molecule has 1 aromatic heterocycles. The summed E-state index contributed by atoms with van der Waals surface area (Å²) in [5, 5.41) is 12.6. The minimum Gasteiger partial charge on any atom is -0.395 e. The number of rotatable bonds is 5. The van der Waals surface area contributed by atoms with E-state index in [1.165, 1.54) is 0 Å². The van der Waals surface area contributed by atoms with Gasteiger partial charge in [0, 0.05) is 43.4 Å². The van der Waals surface area contributed by atoms with Crippen molar-refractivity contribution in [2.24, 2.45) is 0 Å². The third-order valence-electron chi connectivity index (χ3n) is 4.03. The van der Waals surface area contributed by atoms with Gasteiger partial charge in [-0.25, -0.2) is 0 Å². The summed E-state index contributed by atoms with van der Waals surface area (Å²) in [6.45, 7) is 3.19. The highest BCUT2D eigenvalue weighted by molar-refractivity contribution is 6.66. The second kappa shape index (κ2) is 8.84. The number of hydrogen-bond acceptors (Lipinski definition) is 7. The van der Waals surface area contributed by atoms with E-state index in [0.29, 0.717) is 24.1 Å². The number of aliphatic hydroxyl groups excluding tert-OH is 1. The Morgan fingerprint density at radius 1 is 0.963 bits per heavy atom. The largest absolute Gasteiger partial charge is 0.395 e. The topological polar surface area (TPSA) is 77.4 Å². The summed E-state index contributed by atoms with van der Waals surface area (Å²) in [6, 6.07) is 7.75. The molecule has 7 nitrogen and oxygen atoms in total. The Kier molecular flexibility index (Phi) is 6.70. The maximum absolute atomic E-state index is 8.99. The quantitative estimate of drug-likeness (QED) is 0.676. The first kappa shape index (κ1) is 20.5. The zero-order chi connectivity index (χ0) is 19.4. The van der Waals surface area contributed by atoms with E-state index in [1.54, 1.807) is 0 Å². The van der Waals surface area contributed by atoms with Gasteiger partial charge in [0.05, 0.1) is 6.61 Å². The Morgan fingerprint density at radius 3 is 2.19 bits per heavy atom. The molecule has 1 aromatic carbocycles. The van der Waals surface area contributed by atoms with Gasteiger partial charge in [0.15, 0.2) is 5.82 Å². The molecule has 0 amide bonds. The fraction of sp³-hybridized carbons (Fsp3) is 0.438. The van der Waals surface area contributed by atoms with Crippen LogP contribution >= 0.6 is 46.4 Å². The van der Waals surface area contributed by atoms with Crippen molar-refractivity contribution < 1.29 is 5.11 Å². The van der Waals surface area contributed by atoms with Gasteiger partial charge in [-0.1, -0.05) is 46.4 Å². The number of hydrogen-bond donors (Lipinski definition) is 2. The number of nitrogens with zero attached hydrogens (tertiary/aromatic N) is 5. The van der Waals surface area contributed by atoms with Crippen molar-refractivity contribution in [2.45, 2.75) is 3.79 Å². The zero-order valence-corrected chi connectivity index (χ0v) is 17.3. The van der Waals surface area contributed by atoms with Crippen molar-refractivity contribution in [3.63, 3.8) is 0 Å². The summed E-state index contributed by atoms with van der Waals surface area (Å²) < 4.78 is -1.77. The fourth-order valence-electron chi connectivity index (χ4n) is 2.70. The van der Waals surface area contributed by atoms with Gasteiger partial charge >= 0.3 is 0 Å². The molecule has 0 unspecified atom stereocenters. The Balaban J connectivity index is 1.75. The first-order valence-electron chi connectivity index (χ1n) is 8.30. The van der Waals surface area contributed by atoms with Crippen molar-refractivity contribution in [1.82, 2.24) is 15.0 Å². The van der Waals surface area contributed by atoms with E-state index in [1.807, 2.05) is 29.2 Å². The SMILES string of the molecule is OCCNc1nc(N2CCN(c3ccc(Cl)cc3)CC2)nc(C(Cl)(Cl)Cl)n1. The molecule has 11 heteroatoms. The molecule has 0 radical (unpaired) electrons. The second-order valence-electron chi connectivity index (χ2n) is 5.88. The van der Waals surface area contributed by atoms with Gasteiger partial charge in [0.25, 0.3) is 0 Å². The van der Waals surface area contributed by atoms with Gasteiger partial charge < -0.3 is 20.2 Å². The molecular weight excluding hydrogens is 434 g/mol. The average Bonchev–Trinajstić information content (AvgIpc) is 2.66. The lowest BCUT2D eigenvalue weighted by Gasteiger charge is -2.36. The zero-order valence-electron chi connectivity index (χ0n) is 14.2. The number of aromatic nitrogens is 3. The van der Waals surface area contributed by atoms with Crippen LogP contribution in [0.1, 0.15) is 5.82 Å².